The number of hydrogen-bond acceptors (Lipinski definition) is 3. The van der Waals surface area contributed by atoms with Gasteiger partial charge in [-0.2, -0.15) is 0 Å². The van der Waals surface area contributed by atoms with E-state index in [4.69, 9.17) is 4.99 Å². The number of anilines is 1. The van der Waals surface area contributed by atoms with Crippen molar-refractivity contribution in [3.63, 3.8) is 0 Å². The predicted octanol–water partition coefficient (Wildman–Crippen LogP) is 4.33. The Hall–Kier alpha value is -3.93. The normalized spacial score (nSPS) is 11.3. The van der Waals surface area contributed by atoms with Crippen molar-refractivity contribution in [1.29, 1.82) is 0 Å². The first-order valence-corrected chi connectivity index (χ1v) is 9.85. The fraction of sp³-hybridized carbons (Fsp3) is 0.125. The molecule has 150 valence electrons. The zero-order valence-electron chi connectivity index (χ0n) is 16.9. The minimum atomic E-state index is 0.528. The smallest absolute Gasteiger partial charge is 0.196 e. The van der Waals surface area contributed by atoms with Gasteiger partial charge in [-0.3, -0.25) is 4.57 Å². The van der Waals surface area contributed by atoms with Gasteiger partial charge in [-0.1, -0.05) is 48.0 Å². The van der Waals surface area contributed by atoms with Gasteiger partial charge in [-0.15, -0.1) is 0 Å². The molecule has 0 fully saturated rings. The maximum absolute atomic E-state index is 4.79. The maximum Gasteiger partial charge on any atom is 0.196 e. The Morgan fingerprint density at radius 2 is 1.80 bits per heavy atom. The molecule has 30 heavy (non-hydrogen) atoms. The number of pyridine rings is 1. The van der Waals surface area contributed by atoms with E-state index >= 15 is 0 Å². The average molecular weight is 396 g/mol. The number of hydrogen-bond donors (Lipinski definition) is 2. The summed E-state index contributed by atoms with van der Waals surface area (Å²) < 4.78 is 1.88. The molecule has 0 aliphatic carbocycles. The van der Waals surface area contributed by atoms with E-state index in [0.717, 1.165) is 23.0 Å². The third-order valence-electron chi connectivity index (χ3n) is 4.62. The summed E-state index contributed by atoms with van der Waals surface area (Å²) in [6.07, 6.45) is 7.15. The second-order valence-electron chi connectivity index (χ2n) is 6.99. The van der Waals surface area contributed by atoms with Gasteiger partial charge >= 0.3 is 0 Å². The number of nitrogens with one attached hydrogen (secondary N) is 2. The van der Waals surface area contributed by atoms with Gasteiger partial charge in [0.05, 0.1) is 6.54 Å². The maximum atomic E-state index is 4.79. The average Bonchev–Trinajstić information content (AvgIpc) is 3.33. The Balaban J connectivity index is 1.50. The molecule has 2 N–H and O–H groups in total. The lowest BCUT2D eigenvalue weighted by molar-refractivity contribution is 0.889. The number of benzene rings is 2. The Bertz CT molecular complexity index is 1090. The van der Waals surface area contributed by atoms with Crippen molar-refractivity contribution < 1.29 is 0 Å². The van der Waals surface area contributed by atoms with Crippen molar-refractivity contribution in [3.8, 4) is 5.82 Å². The van der Waals surface area contributed by atoms with Crippen LogP contribution < -0.4 is 10.6 Å². The van der Waals surface area contributed by atoms with Crippen LogP contribution in [-0.2, 0) is 13.1 Å². The van der Waals surface area contributed by atoms with Gasteiger partial charge in [0.15, 0.2) is 5.96 Å². The second-order valence-corrected chi connectivity index (χ2v) is 6.99. The van der Waals surface area contributed by atoms with E-state index in [0.29, 0.717) is 13.1 Å². The van der Waals surface area contributed by atoms with Gasteiger partial charge in [0.1, 0.15) is 12.1 Å². The van der Waals surface area contributed by atoms with Gasteiger partial charge in [0.2, 0.25) is 0 Å². The molecular formula is C24H24N6. The number of para-hydroxylation sites is 1. The standard InChI is InChI=1S/C24H24N6/c1-19-7-9-20(10-8-19)16-27-24(29-22-5-3-2-4-6-22)28-17-21-11-12-26-23(15-21)30-14-13-25-18-30/h2-15,18H,16-17H2,1H3,(H2,27,28,29). The first kappa shape index (κ1) is 19.4. The molecule has 2 heterocycles. The van der Waals surface area contributed by atoms with Crippen molar-refractivity contribution >= 4 is 11.6 Å². The first-order chi connectivity index (χ1) is 14.8. The number of nitrogens with zero attached hydrogens (tertiary/aromatic N) is 4. The van der Waals surface area contributed by atoms with Crippen LogP contribution in [0.3, 0.4) is 0 Å². The summed E-state index contributed by atoms with van der Waals surface area (Å²) in [5.74, 6) is 1.55. The number of guanidine groups is 1. The molecule has 0 unspecified atom stereocenters. The van der Waals surface area contributed by atoms with Crippen LogP contribution in [0, 0.1) is 6.92 Å². The van der Waals surface area contributed by atoms with Crippen LogP contribution in [0.2, 0.25) is 0 Å². The van der Waals surface area contributed by atoms with Crippen LogP contribution in [-0.4, -0.2) is 20.5 Å². The molecule has 0 aliphatic rings. The predicted molar refractivity (Wildman–Crippen MR) is 121 cm³/mol. The third kappa shape index (κ3) is 5.32. The van der Waals surface area contributed by atoms with Gasteiger partial charge in [-0.05, 0) is 42.3 Å². The van der Waals surface area contributed by atoms with Crippen LogP contribution in [0.5, 0.6) is 0 Å². The van der Waals surface area contributed by atoms with E-state index in [1.807, 2.05) is 53.2 Å². The van der Waals surface area contributed by atoms with Crippen molar-refractivity contribution in [2.45, 2.75) is 20.0 Å². The van der Waals surface area contributed by atoms with Crippen LogP contribution in [0.1, 0.15) is 16.7 Å². The van der Waals surface area contributed by atoms with E-state index in [1.165, 1.54) is 11.1 Å². The minimum absolute atomic E-state index is 0.528. The van der Waals surface area contributed by atoms with E-state index in [-0.39, 0.29) is 0 Å². The van der Waals surface area contributed by atoms with Gasteiger partial charge in [-0.25, -0.2) is 15.0 Å². The van der Waals surface area contributed by atoms with Crippen molar-refractivity contribution in [2.75, 3.05) is 5.32 Å². The number of aromatic nitrogens is 3. The Morgan fingerprint density at radius 3 is 2.57 bits per heavy atom. The Kier molecular flexibility index (Phi) is 6.15. The fourth-order valence-corrected chi connectivity index (χ4v) is 2.95. The van der Waals surface area contributed by atoms with Gasteiger partial charge in [0, 0.05) is 30.8 Å². The molecule has 2 aromatic carbocycles. The molecule has 0 radical (unpaired) electrons. The molecule has 6 nitrogen and oxygen atoms in total. The minimum Gasteiger partial charge on any atom is -0.352 e. The topological polar surface area (TPSA) is 67.1 Å². The summed E-state index contributed by atoms with van der Waals surface area (Å²) in [5.41, 5.74) is 4.51. The molecule has 4 aromatic rings. The molecule has 0 saturated carbocycles. The number of imidazole rings is 1. The summed E-state index contributed by atoms with van der Waals surface area (Å²) in [6, 6.07) is 22.5. The summed E-state index contributed by atoms with van der Waals surface area (Å²) in [6.45, 7) is 3.31. The second kappa shape index (κ2) is 9.52. The molecule has 0 saturated heterocycles. The number of rotatable bonds is 6. The first-order valence-electron chi connectivity index (χ1n) is 9.85. The quantitative estimate of drug-likeness (QED) is 0.376. The largest absolute Gasteiger partial charge is 0.352 e. The molecule has 2 aromatic heterocycles. The van der Waals surface area contributed by atoms with Crippen molar-refractivity contribution in [3.05, 3.63) is 108 Å². The van der Waals surface area contributed by atoms with Crippen molar-refractivity contribution in [2.24, 2.45) is 4.99 Å². The molecule has 0 aliphatic heterocycles. The summed E-state index contributed by atoms with van der Waals surface area (Å²) >= 11 is 0. The summed E-state index contributed by atoms with van der Waals surface area (Å²) in [7, 11) is 0. The molecule has 0 amide bonds. The highest BCUT2D eigenvalue weighted by atomic mass is 15.2. The van der Waals surface area contributed by atoms with Crippen LogP contribution in [0.25, 0.3) is 5.82 Å². The van der Waals surface area contributed by atoms with E-state index in [2.05, 4.69) is 51.8 Å². The fourth-order valence-electron chi connectivity index (χ4n) is 2.95. The number of aliphatic imine (C=N–C) groups is 1. The summed E-state index contributed by atoms with van der Waals surface area (Å²) in [4.78, 5) is 13.3. The Morgan fingerprint density at radius 1 is 0.967 bits per heavy atom. The lowest BCUT2D eigenvalue weighted by Crippen LogP contribution is -2.30. The Labute approximate surface area is 176 Å². The third-order valence-corrected chi connectivity index (χ3v) is 4.62. The zero-order chi connectivity index (χ0) is 20.6. The molecule has 0 bridgehead atoms. The monoisotopic (exact) mass is 396 g/mol. The van der Waals surface area contributed by atoms with E-state index in [9.17, 15) is 0 Å². The van der Waals surface area contributed by atoms with Crippen molar-refractivity contribution in [1.82, 2.24) is 19.9 Å². The van der Waals surface area contributed by atoms with E-state index < -0.39 is 0 Å². The zero-order valence-corrected chi connectivity index (χ0v) is 16.9. The van der Waals surface area contributed by atoms with Gasteiger partial charge in [0.25, 0.3) is 0 Å². The highest BCUT2D eigenvalue weighted by Gasteiger charge is 2.03. The molecule has 0 spiro atoms. The van der Waals surface area contributed by atoms with Crippen LogP contribution in [0.15, 0.2) is 96.6 Å². The SMILES string of the molecule is Cc1ccc(CNC(=NCc2ccnc(-n3ccnc3)c2)Nc2ccccc2)cc1. The number of aryl methyl sites for hydroxylation is 1. The van der Waals surface area contributed by atoms with Crippen LogP contribution in [0.4, 0.5) is 5.69 Å². The molecular weight excluding hydrogens is 372 g/mol. The summed E-state index contributed by atoms with van der Waals surface area (Å²) in [5, 5.41) is 6.81. The molecule has 6 heteroatoms. The lowest BCUT2D eigenvalue weighted by Gasteiger charge is -2.13. The highest BCUT2D eigenvalue weighted by Crippen LogP contribution is 2.10. The lowest BCUT2D eigenvalue weighted by atomic mass is 10.1. The van der Waals surface area contributed by atoms with E-state index in [1.54, 1.807) is 18.7 Å². The van der Waals surface area contributed by atoms with Gasteiger partial charge < -0.3 is 10.6 Å². The molecule has 4 rings (SSSR count). The molecule has 0 atom stereocenters. The van der Waals surface area contributed by atoms with Crippen LogP contribution >= 0.6 is 0 Å². The highest BCUT2D eigenvalue weighted by molar-refractivity contribution is 5.93.